The van der Waals surface area contributed by atoms with Crippen LogP contribution in [0.3, 0.4) is 0 Å². The van der Waals surface area contributed by atoms with Crippen LogP contribution in [0.1, 0.15) is 52.4 Å². The van der Waals surface area contributed by atoms with Gasteiger partial charge in [-0.05, 0) is 87.1 Å². The number of hydrogen-bond donors (Lipinski definition) is 2. The van der Waals surface area contributed by atoms with Crippen molar-refractivity contribution in [3.8, 4) is 5.75 Å². The maximum Gasteiger partial charge on any atom is 0.335 e. The van der Waals surface area contributed by atoms with E-state index in [2.05, 4.69) is 40.9 Å². The summed E-state index contributed by atoms with van der Waals surface area (Å²) in [5.74, 6) is 0.0515. The monoisotopic (exact) mass is 447 g/mol. The molecule has 0 amide bonds. The van der Waals surface area contributed by atoms with Crippen LogP contribution in [0.5, 0.6) is 5.75 Å². The Kier molecular flexibility index (Phi) is 5.67. The number of ether oxygens (including phenoxy) is 1. The second-order valence-corrected chi connectivity index (χ2v) is 10.00. The molecule has 2 aromatic carbocycles. The molecule has 0 aliphatic carbocycles. The molecule has 0 bridgehead atoms. The van der Waals surface area contributed by atoms with E-state index in [4.69, 9.17) is 4.74 Å². The van der Waals surface area contributed by atoms with Crippen molar-refractivity contribution in [3.05, 3.63) is 64.8 Å². The van der Waals surface area contributed by atoms with Gasteiger partial charge in [-0.1, -0.05) is 12.1 Å². The van der Waals surface area contributed by atoms with Crippen LogP contribution in [-0.2, 0) is 6.54 Å². The number of aromatic amines is 1. The highest BCUT2D eigenvalue weighted by Crippen LogP contribution is 2.48. The summed E-state index contributed by atoms with van der Waals surface area (Å²) in [7, 11) is 3.97. The van der Waals surface area contributed by atoms with Crippen molar-refractivity contribution in [1.82, 2.24) is 14.8 Å². The first-order valence-electron chi connectivity index (χ1n) is 11.8. The van der Waals surface area contributed by atoms with Gasteiger partial charge in [0, 0.05) is 41.8 Å². The number of carboxylic acids is 1. The second-order valence-electron chi connectivity index (χ2n) is 10.00. The minimum Gasteiger partial charge on any atom is -0.496 e. The van der Waals surface area contributed by atoms with Gasteiger partial charge in [-0.2, -0.15) is 0 Å². The van der Waals surface area contributed by atoms with Crippen LogP contribution >= 0.6 is 0 Å². The van der Waals surface area contributed by atoms with Gasteiger partial charge in [0.25, 0.3) is 0 Å². The predicted octanol–water partition coefficient (Wildman–Crippen LogP) is 4.84. The Morgan fingerprint density at radius 3 is 2.64 bits per heavy atom. The molecule has 1 unspecified atom stereocenters. The number of likely N-dealkylation sites (tertiary alicyclic amines) is 2. The van der Waals surface area contributed by atoms with Crippen LogP contribution in [-0.4, -0.2) is 59.7 Å². The van der Waals surface area contributed by atoms with E-state index < -0.39 is 5.97 Å². The van der Waals surface area contributed by atoms with Crippen LogP contribution in [0.2, 0.25) is 0 Å². The normalized spacial score (nSPS) is 24.0. The van der Waals surface area contributed by atoms with E-state index in [9.17, 15) is 9.90 Å². The first-order chi connectivity index (χ1) is 15.9. The van der Waals surface area contributed by atoms with Gasteiger partial charge in [0.05, 0.1) is 12.7 Å². The fourth-order valence-corrected chi connectivity index (χ4v) is 6.06. The number of fused-ring (bicyclic) bond motifs is 1. The van der Waals surface area contributed by atoms with Crippen LogP contribution in [0.4, 0.5) is 0 Å². The zero-order valence-corrected chi connectivity index (χ0v) is 19.7. The van der Waals surface area contributed by atoms with Gasteiger partial charge in [-0.3, -0.25) is 4.90 Å². The highest BCUT2D eigenvalue weighted by molar-refractivity contribution is 5.88. The van der Waals surface area contributed by atoms with Crippen molar-refractivity contribution in [2.45, 2.75) is 38.8 Å². The van der Waals surface area contributed by atoms with E-state index in [1.807, 2.05) is 18.3 Å². The van der Waals surface area contributed by atoms with Gasteiger partial charge in [-0.15, -0.1) is 0 Å². The van der Waals surface area contributed by atoms with Gasteiger partial charge in [0.2, 0.25) is 0 Å². The number of carboxylic acid groups (broad SMARTS) is 1. The largest absolute Gasteiger partial charge is 0.496 e. The number of benzene rings is 2. The number of carbonyl (C=O) groups is 1. The zero-order chi connectivity index (χ0) is 23.2. The smallest absolute Gasteiger partial charge is 0.335 e. The average Bonchev–Trinajstić information content (AvgIpc) is 3.44. The Morgan fingerprint density at radius 2 is 1.97 bits per heavy atom. The fourth-order valence-electron chi connectivity index (χ4n) is 6.06. The molecule has 2 atom stereocenters. The van der Waals surface area contributed by atoms with Crippen molar-refractivity contribution in [3.63, 3.8) is 0 Å². The predicted molar refractivity (Wildman–Crippen MR) is 130 cm³/mol. The van der Waals surface area contributed by atoms with Crippen molar-refractivity contribution in [1.29, 1.82) is 0 Å². The summed E-state index contributed by atoms with van der Waals surface area (Å²) in [6.45, 7) is 6.22. The van der Waals surface area contributed by atoms with Gasteiger partial charge in [0.15, 0.2) is 0 Å². The summed E-state index contributed by atoms with van der Waals surface area (Å²) in [6, 6.07) is 12.0. The summed E-state index contributed by atoms with van der Waals surface area (Å²) in [4.78, 5) is 19.8. The van der Waals surface area contributed by atoms with Gasteiger partial charge in [0.1, 0.15) is 5.75 Å². The van der Waals surface area contributed by atoms with E-state index in [1.165, 1.54) is 40.4 Å². The molecule has 2 N–H and O–H groups in total. The van der Waals surface area contributed by atoms with Gasteiger partial charge >= 0.3 is 5.97 Å². The lowest BCUT2D eigenvalue weighted by Crippen LogP contribution is -2.43. The maximum atomic E-state index is 11.4. The third-order valence-electron chi connectivity index (χ3n) is 7.86. The Hall–Kier alpha value is -2.83. The molecule has 5 rings (SSSR count). The number of piperidine rings is 1. The molecule has 2 saturated heterocycles. The molecule has 2 aliphatic rings. The SMILES string of the molecule is COc1cc(C)c2[nH]ccc2c1CN1CCC2(CCN(C)C2)C[C@H]1c1ccc(C(=O)O)cc1. The molecule has 6 heteroatoms. The lowest BCUT2D eigenvalue weighted by Gasteiger charge is -2.45. The lowest BCUT2D eigenvalue weighted by molar-refractivity contribution is 0.0482. The van der Waals surface area contributed by atoms with Crippen molar-refractivity contribution in [2.75, 3.05) is 33.8 Å². The average molecular weight is 448 g/mol. The number of methoxy groups -OCH3 is 1. The number of nitrogens with zero attached hydrogens (tertiary/aromatic N) is 2. The third-order valence-corrected chi connectivity index (χ3v) is 7.86. The van der Waals surface area contributed by atoms with E-state index in [0.29, 0.717) is 11.0 Å². The number of nitrogens with one attached hydrogen (secondary N) is 1. The number of H-pyrrole nitrogens is 1. The van der Waals surface area contributed by atoms with Gasteiger partial charge < -0.3 is 19.7 Å². The summed E-state index contributed by atoms with van der Waals surface area (Å²) in [6.07, 6.45) is 5.51. The summed E-state index contributed by atoms with van der Waals surface area (Å²) < 4.78 is 5.82. The first kappa shape index (κ1) is 22.0. The Bertz CT molecular complexity index is 1170. The number of aromatic nitrogens is 1. The Balaban J connectivity index is 1.52. The standard InChI is InChI=1S/C27H33N3O3/c1-18-14-24(33-3)22(21-8-11-28-25(18)21)16-30-13-10-27(9-12-29(2)17-27)15-23(30)19-4-6-20(7-5-19)26(31)32/h4-8,11,14,23,28H,9-10,12-13,15-17H2,1-3H3,(H,31,32)/t23-,27?/m0/s1. The van der Waals surface area contributed by atoms with Crippen LogP contribution in [0.15, 0.2) is 42.6 Å². The summed E-state index contributed by atoms with van der Waals surface area (Å²) in [5, 5.41) is 10.6. The topological polar surface area (TPSA) is 68.8 Å². The van der Waals surface area contributed by atoms with Crippen LogP contribution in [0, 0.1) is 12.3 Å². The molecular weight excluding hydrogens is 414 g/mol. The molecule has 1 spiro atoms. The molecule has 0 radical (unpaired) electrons. The molecular formula is C27H33N3O3. The van der Waals surface area contributed by atoms with E-state index in [0.717, 1.165) is 38.3 Å². The number of aryl methyl sites for hydroxylation is 1. The Morgan fingerprint density at radius 1 is 1.21 bits per heavy atom. The number of hydrogen-bond acceptors (Lipinski definition) is 4. The van der Waals surface area contributed by atoms with Crippen LogP contribution < -0.4 is 4.74 Å². The summed E-state index contributed by atoms with van der Waals surface area (Å²) >= 11 is 0. The first-order valence-corrected chi connectivity index (χ1v) is 11.8. The molecule has 2 aliphatic heterocycles. The molecule has 174 valence electrons. The second kappa shape index (κ2) is 8.50. The van der Waals surface area contributed by atoms with Gasteiger partial charge in [-0.25, -0.2) is 4.79 Å². The molecule has 6 nitrogen and oxygen atoms in total. The molecule has 1 aromatic heterocycles. The number of aromatic carboxylic acids is 1. The van der Waals surface area contributed by atoms with E-state index >= 15 is 0 Å². The van der Waals surface area contributed by atoms with Crippen LogP contribution in [0.25, 0.3) is 10.9 Å². The number of rotatable bonds is 5. The highest BCUT2D eigenvalue weighted by Gasteiger charge is 2.44. The third kappa shape index (κ3) is 4.02. The maximum absolute atomic E-state index is 11.4. The Labute approximate surface area is 195 Å². The van der Waals surface area contributed by atoms with E-state index in [-0.39, 0.29) is 6.04 Å². The minimum atomic E-state index is -0.879. The zero-order valence-electron chi connectivity index (χ0n) is 19.7. The highest BCUT2D eigenvalue weighted by atomic mass is 16.5. The molecule has 3 heterocycles. The summed E-state index contributed by atoms with van der Waals surface area (Å²) in [5.41, 5.74) is 5.44. The molecule has 3 aromatic rings. The lowest BCUT2D eigenvalue weighted by atomic mass is 9.73. The van der Waals surface area contributed by atoms with E-state index in [1.54, 1.807) is 19.2 Å². The fraction of sp³-hybridized carbons (Fsp3) is 0.444. The molecule has 0 saturated carbocycles. The van der Waals surface area contributed by atoms with Crippen molar-refractivity contribution in [2.24, 2.45) is 5.41 Å². The van der Waals surface area contributed by atoms with Crippen molar-refractivity contribution < 1.29 is 14.6 Å². The quantitative estimate of drug-likeness (QED) is 0.586. The van der Waals surface area contributed by atoms with Crippen molar-refractivity contribution >= 4 is 16.9 Å². The molecule has 33 heavy (non-hydrogen) atoms. The minimum absolute atomic E-state index is 0.244. The molecule has 2 fully saturated rings.